The molecule has 2 N–H and O–H groups in total. The first kappa shape index (κ1) is 22.0. The maximum atomic E-state index is 13.3. The zero-order chi connectivity index (χ0) is 21.5. The van der Waals surface area contributed by atoms with E-state index in [1.807, 2.05) is 0 Å². The molecule has 9 heteroatoms. The standard InChI is InChI=1S/C21H22F3N3O2S/c22-15-4-1-5-16(9-15)26-21(29)25-11-14-3-2-8-27(12-14)20(28)13-30-17-6-7-18(23)19(24)10-17/h1,4-7,9-10,14H,2-3,8,11-13H2,(H2,25,26,29). The highest BCUT2D eigenvalue weighted by Gasteiger charge is 2.24. The number of piperidine rings is 1. The van der Waals surface area contributed by atoms with Crippen molar-refractivity contribution >= 4 is 29.4 Å². The Labute approximate surface area is 177 Å². The van der Waals surface area contributed by atoms with E-state index in [1.165, 1.54) is 24.3 Å². The molecule has 0 aromatic heterocycles. The predicted octanol–water partition coefficient (Wildman–Crippen LogP) is 4.26. The van der Waals surface area contributed by atoms with Gasteiger partial charge < -0.3 is 15.5 Å². The fourth-order valence-corrected chi connectivity index (χ4v) is 4.06. The molecule has 1 atom stereocenters. The summed E-state index contributed by atoms with van der Waals surface area (Å²) in [5.74, 6) is -2.14. The van der Waals surface area contributed by atoms with Crippen LogP contribution in [0, 0.1) is 23.4 Å². The van der Waals surface area contributed by atoms with Crippen LogP contribution in [0.2, 0.25) is 0 Å². The number of rotatable bonds is 6. The van der Waals surface area contributed by atoms with Crippen LogP contribution in [0.4, 0.5) is 23.7 Å². The van der Waals surface area contributed by atoms with Gasteiger partial charge in [0.25, 0.3) is 0 Å². The number of amides is 3. The fraction of sp³-hybridized carbons (Fsp3) is 0.333. The van der Waals surface area contributed by atoms with E-state index in [9.17, 15) is 22.8 Å². The molecule has 0 saturated carbocycles. The summed E-state index contributed by atoms with van der Waals surface area (Å²) in [4.78, 5) is 26.7. The van der Waals surface area contributed by atoms with Crippen molar-refractivity contribution < 1.29 is 22.8 Å². The van der Waals surface area contributed by atoms with E-state index in [2.05, 4.69) is 10.6 Å². The number of carbonyl (C=O) groups is 2. The number of hydrogen-bond acceptors (Lipinski definition) is 3. The van der Waals surface area contributed by atoms with E-state index < -0.39 is 23.5 Å². The van der Waals surface area contributed by atoms with Crippen LogP contribution in [0.25, 0.3) is 0 Å². The molecule has 3 rings (SSSR count). The summed E-state index contributed by atoms with van der Waals surface area (Å²) in [5.41, 5.74) is 0.363. The number of benzene rings is 2. The lowest BCUT2D eigenvalue weighted by Crippen LogP contribution is -2.44. The highest BCUT2D eigenvalue weighted by atomic mass is 32.2. The van der Waals surface area contributed by atoms with Crippen molar-refractivity contribution in [3.63, 3.8) is 0 Å². The van der Waals surface area contributed by atoms with Gasteiger partial charge in [-0.1, -0.05) is 6.07 Å². The van der Waals surface area contributed by atoms with Crippen LogP contribution in [0.1, 0.15) is 12.8 Å². The summed E-state index contributed by atoms with van der Waals surface area (Å²) in [6, 6.07) is 8.75. The predicted molar refractivity (Wildman–Crippen MR) is 110 cm³/mol. The van der Waals surface area contributed by atoms with Gasteiger partial charge in [0.2, 0.25) is 5.91 Å². The number of carbonyl (C=O) groups excluding carboxylic acids is 2. The lowest BCUT2D eigenvalue weighted by Gasteiger charge is -2.33. The molecule has 30 heavy (non-hydrogen) atoms. The van der Waals surface area contributed by atoms with E-state index >= 15 is 0 Å². The van der Waals surface area contributed by atoms with Gasteiger partial charge in [-0.15, -0.1) is 11.8 Å². The van der Waals surface area contributed by atoms with E-state index in [4.69, 9.17) is 0 Å². The normalized spacial score (nSPS) is 16.2. The van der Waals surface area contributed by atoms with Crippen molar-refractivity contribution in [3.8, 4) is 0 Å². The quantitative estimate of drug-likeness (QED) is 0.664. The third-order valence-electron chi connectivity index (χ3n) is 4.76. The van der Waals surface area contributed by atoms with Gasteiger partial charge in [0.05, 0.1) is 5.75 Å². The van der Waals surface area contributed by atoms with Gasteiger partial charge in [-0.05, 0) is 55.2 Å². The minimum Gasteiger partial charge on any atom is -0.342 e. The zero-order valence-electron chi connectivity index (χ0n) is 16.2. The molecular formula is C21H22F3N3O2S. The summed E-state index contributed by atoms with van der Waals surface area (Å²) in [6.45, 7) is 1.53. The number of nitrogens with one attached hydrogen (secondary N) is 2. The monoisotopic (exact) mass is 437 g/mol. The maximum absolute atomic E-state index is 13.3. The average molecular weight is 437 g/mol. The number of anilines is 1. The van der Waals surface area contributed by atoms with Crippen LogP contribution in [0.15, 0.2) is 47.4 Å². The van der Waals surface area contributed by atoms with E-state index in [-0.39, 0.29) is 17.6 Å². The van der Waals surface area contributed by atoms with Gasteiger partial charge >= 0.3 is 6.03 Å². The van der Waals surface area contributed by atoms with E-state index in [0.29, 0.717) is 30.2 Å². The molecule has 1 aliphatic rings. The maximum Gasteiger partial charge on any atom is 0.319 e. The minimum absolute atomic E-state index is 0.0846. The van der Waals surface area contributed by atoms with E-state index in [0.717, 1.165) is 36.7 Å². The van der Waals surface area contributed by atoms with Crippen molar-refractivity contribution in [2.45, 2.75) is 17.7 Å². The van der Waals surface area contributed by atoms with Crippen LogP contribution in [-0.2, 0) is 4.79 Å². The molecule has 2 aromatic rings. The van der Waals surface area contributed by atoms with Gasteiger partial charge in [-0.3, -0.25) is 4.79 Å². The summed E-state index contributed by atoms with van der Waals surface area (Å²) in [5, 5.41) is 5.33. The van der Waals surface area contributed by atoms with Crippen molar-refractivity contribution in [2.24, 2.45) is 5.92 Å². The molecule has 0 radical (unpaired) electrons. The number of thioether (sulfide) groups is 1. The second kappa shape index (κ2) is 10.4. The summed E-state index contributed by atoms with van der Waals surface area (Å²) < 4.78 is 39.4. The molecule has 1 saturated heterocycles. The average Bonchev–Trinajstić information content (AvgIpc) is 2.73. The topological polar surface area (TPSA) is 61.4 Å². The Balaban J connectivity index is 1.43. The molecule has 0 aliphatic carbocycles. The van der Waals surface area contributed by atoms with Crippen molar-refractivity contribution in [1.82, 2.24) is 10.2 Å². The first-order chi connectivity index (χ1) is 14.4. The van der Waals surface area contributed by atoms with Gasteiger partial charge in [-0.2, -0.15) is 0 Å². The zero-order valence-corrected chi connectivity index (χ0v) is 17.0. The van der Waals surface area contributed by atoms with Crippen molar-refractivity contribution in [2.75, 3.05) is 30.7 Å². The Hall–Kier alpha value is -2.68. The molecule has 3 amide bonds. The largest absolute Gasteiger partial charge is 0.342 e. The van der Waals surface area contributed by atoms with Crippen LogP contribution in [0.3, 0.4) is 0 Å². The Morgan fingerprint density at radius 1 is 1.10 bits per heavy atom. The van der Waals surface area contributed by atoms with Gasteiger partial charge in [0, 0.05) is 30.2 Å². The number of halogens is 3. The van der Waals surface area contributed by atoms with Gasteiger partial charge in [0.15, 0.2) is 11.6 Å². The Morgan fingerprint density at radius 2 is 1.93 bits per heavy atom. The molecule has 2 aromatic carbocycles. The number of likely N-dealkylation sites (tertiary alicyclic amines) is 1. The summed E-state index contributed by atoms with van der Waals surface area (Å²) in [7, 11) is 0. The third-order valence-corrected chi connectivity index (χ3v) is 5.74. The first-order valence-corrected chi connectivity index (χ1v) is 10.6. The van der Waals surface area contributed by atoms with Crippen LogP contribution < -0.4 is 10.6 Å². The Bertz CT molecular complexity index is 913. The third kappa shape index (κ3) is 6.41. The Kier molecular flexibility index (Phi) is 7.62. The van der Waals surface area contributed by atoms with Gasteiger partial charge in [-0.25, -0.2) is 18.0 Å². The number of nitrogens with zero attached hydrogens (tertiary/aromatic N) is 1. The fourth-order valence-electron chi connectivity index (χ4n) is 3.24. The molecule has 1 fully saturated rings. The summed E-state index contributed by atoms with van der Waals surface area (Å²) in [6.07, 6.45) is 1.69. The lowest BCUT2D eigenvalue weighted by atomic mass is 9.98. The van der Waals surface area contributed by atoms with Crippen LogP contribution in [-0.4, -0.2) is 42.2 Å². The SMILES string of the molecule is O=C(NCC1CCCN(C(=O)CSc2ccc(F)c(F)c2)C1)Nc1cccc(F)c1. The molecule has 5 nitrogen and oxygen atoms in total. The van der Waals surface area contributed by atoms with Crippen molar-refractivity contribution in [3.05, 3.63) is 59.9 Å². The minimum atomic E-state index is -0.937. The molecule has 1 heterocycles. The number of urea groups is 1. The molecule has 0 spiro atoms. The summed E-state index contributed by atoms with van der Waals surface area (Å²) >= 11 is 1.16. The first-order valence-electron chi connectivity index (χ1n) is 9.57. The smallest absolute Gasteiger partial charge is 0.319 e. The second-order valence-corrected chi connectivity index (χ2v) is 8.11. The molecule has 1 aliphatic heterocycles. The molecular weight excluding hydrogens is 415 g/mol. The van der Waals surface area contributed by atoms with E-state index in [1.54, 1.807) is 11.0 Å². The highest BCUT2D eigenvalue weighted by Crippen LogP contribution is 2.22. The van der Waals surface area contributed by atoms with Crippen LogP contribution >= 0.6 is 11.8 Å². The van der Waals surface area contributed by atoms with Crippen molar-refractivity contribution in [1.29, 1.82) is 0 Å². The number of hydrogen-bond donors (Lipinski definition) is 2. The molecule has 160 valence electrons. The second-order valence-electron chi connectivity index (χ2n) is 7.06. The van der Waals surface area contributed by atoms with Crippen LogP contribution in [0.5, 0.6) is 0 Å². The molecule has 0 bridgehead atoms. The highest BCUT2D eigenvalue weighted by molar-refractivity contribution is 8.00. The Morgan fingerprint density at radius 3 is 2.70 bits per heavy atom. The molecule has 1 unspecified atom stereocenters. The van der Waals surface area contributed by atoms with Gasteiger partial charge in [0.1, 0.15) is 5.82 Å². The lowest BCUT2D eigenvalue weighted by molar-refractivity contribution is -0.130.